The number of para-hydroxylation sites is 1. The third-order valence-corrected chi connectivity index (χ3v) is 7.08. The Morgan fingerprint density at radius 2 is 1.61 bits per heavy atom. The first-order chi connectivity index (χ1) is 14.8. The smallest absolute Gasteiger partial charge is 0.338 e. The molecule has 7 nitrogen and oxygen atoms in total. The van der Waals surface area contributed by atoms with Gasteiger partial charge in [-0.1, -0.05) is 25.1 Å². The number of hydrogen-bond acceptors (Lipinski definition) is 5. The Morgan fingerprint density at radius 3 is 2.23 bits per heavy atom. The van der Waals surface area contributed by atoms with Crippen LogP contribution in [0.2, 0.25) is 0 Å². The highest BCUT2D eigenvalue weighted by Crippen LogP contribution is 2.26. The third kappa shape index (κ3) is 6.07. The number of carbonyl (C=O) groups is 2. The number of sulfonamides is 1. The maximum absolute atomic E-state index is 12.5. The largest absolute Gasteiger partial charge is 0.452 e. The normalized spacial score (nSPS) is 18.8. The van der Waals surface area contributed by atoms with Gasteiger partial charge in [0, 0.05) is 18.8 Å². The number of rotatable bonds is 7. The van der Waals surface area contributed by atoms with Gasteiger partial charge in [-0.05, 0) is 68.0 Å². The minimum atomic E-state index is -3.77. The van der Waals surface area contributed by atoms with E-state index in [1.54, 1.807) is 42.3 Å². The van der Waals surface area contributed by atoms with Gasteiger partial charge < -0.3 is 9.64 Å². The molecule has 8 heteroatoms. The van der Waals surface area contributed by atoms with E-state index < -0.39 is 16.0 Å². The SMILES string of the molecule is CC1CCC(N(C)C(=O)COC(=O)c2ccc(S(=O)(=O)Nc3ccccc3)cc2)CC1. The number of likely N-dealkylation sites (N-methyl/N-ethyl adjacent to an activating group) is 1. The first kappa shape index (κ1) is 22.8. The van der Waals surface area contributed by atoms with E-state index in [-0.39, 0.29) is 29.0 Å². The van der Waals surface area contributed by atoms with Crippen molar-refractivity contribution in [2.24, 2.45) is 5.92 Å². The van der Waals surface area contributed by atoms with Crippen molar-refractivity contribution in [2.45, 2.75) is 43.5 Å². The van der Waals surface area contributed by atoms with Crippen LogP contribution < -0.4 is 4.72 Å². The summed E-state index contributed by atoms with van der Waals surface area (Å²) < 4.78 is 32.6. The molecule has 0 bridgehead atoms. The van der Waals surface area contributed by atoms with Crippen molar-refractivity contribution in [1.29, 1.82) is 0 Å². The molecule has 1 amide bonds. The van der Waals surface area contributed by atoms with Gasteiger partial charge in [-0.15, -0.1) is 0 Å². The van der Waals surface area contributed by atoms with Crippen LogP contribution in [0.4, 0.5) is 5.69 Å². The molecule has 0 spiro atoms. The van der Waals surface area contributed by atoms with E-state index in [9.17, 15) is 18.0 Å². The van der Waals surface area contributed by atoms with Crippen molar-refractivity contribution in [2.75, 3.05) is 18.4 Å². The summed E-state index contributed by atoms with van der Waals surface area (Å²) in [6.45, 7) is 1.88. The van der Waals surface area contributed by atoms with E-state index in [4.69, 9.17) is 4.74 Å². The molecular weight excluding hydrogens is 416 g/mol. The lowest BCUT2D eigenvalue weighted by atomic mass is 9.87. The monoisotopic (exact) mass is 444 g/mol. The average Bonchev–Trinajstić information content (AvgIpc) is 2.77. The molecule has 1 aliphatic rings. The Bertz CT molecular complexity index is 998. The van der Waals surface area contributed by atoms with Crippen molar-refractivity contribution >= 4 is 27.6 Å². The van der Waals surface area contributed by atoms with Crippen LogP contribution in [-0.2, 0) is 19.6 Å². The highest BCUT2D eigenvalue weighted by Gasteiger charge is 2.25. The molecule has 31 heavy (non-hydrogen) atoms. The average molecular weight is 445 g/mol. The Kier molecular flexibility index (Phi) is 7.33. The lowest BCUT2D eigenvalue weighted by Gasteiger charge is -2.33. The van der Waals surface area contributed by atoms with Gasteiger partial charge in [0.15, 0.2) is 6.61 Å². The van der Waals surface area contributed by atoms with Crippen molar-refractivity contribution in [1.82, 2.24) is 4.90 Å². The Hall–Kier alpha value is -2.87. The van der Waals surface area contributed by atoms with Crippen LogP contribution >= 0.6 is 0 Å². The Labute approximate surface area is 183 Å². The van der Waals surface area contributed by atoms with E-state index in [0.29, 0.717) is 11.6 Å². The summed E-state index contributed by atoms with van der Waals surface area (Å²) in [5.74, 6) is -0.217. The quantitative estimate of drug-likeness (QED) is 0.658. The zero-order chi connectivity index (χ0) is 22.4. The van der Waals surface area contributed by atoms with E-state index in [1.807, 2.05) is 0 Å². The van der Waals surface area contributed by atoms with Gasteiger partial charge in [0.2, 0.25) is 0 Å². The number of benzene rings is 2. The lowest BCUT2D eigenvalue weighted by Crippen LogP contribution is -2.41. The molecule has 166 valence electrons. The summed E-state index contributed by atoms with van der Waals surface area (Å²) in [5.41, 5.74) is 0.627. The molecule has 0 radical (unpaired) electrons. The standard InChI is InChI=1S/C23H28N2O5S/c1-17-8-12-20(13-9-17)25(2)22(26)16-30-23(27)18-10-14-21(15-11-18)31(28,29)24-19-6-4-3-5-7-19/h3-7,10-11,14-15,17,20,24H,8-9,12-13,16H2,1-2H3. The summed E-state index contributed by atoms with van der Waals surface area (Å²) in [7, 11) is -2.03. The zero-order valence-electron chi connectivity index (χ0n) is 17.8. The predicted molar refractivity (Wildman–Crippen MR) is 118 cm³/mol. The van der Waals surface area contributed by atoms with Crippen LogP contribution in [0.3, 0.4) is 0 Å². The zero-order valence-corrected chi connectivity index (χ0v) is 18.6. The van der Waals surface area contributed by atoms with Crippen molar-refractivity contribution in [3.8, 4) is 0 Å². The van der Waals surface area contributed by atoms with Crippen molar-refractivity contribution in [3.05, 3.63) is 60.2 Å². The van der Waals surface area contributed by atoms with Crippen molar-refractivity contribution in [3.63, 3.8) is 0 Å². The third-order valence-electron chi connectivity index (χ3n) is 5.68. The fourth-order valence-electron chi connectivity index (χ4n) is 3.64. The van der Waals surface area contributed by atoms with Gasteiger partial charge in [0.25, 0.3) is 15.9 Å². The van der Waals surface area contributed by atoms with Crippen LogP contribution in [0.5, 0.6) is 0 Å². The van der Waals surface area contributed by atoms with E-state index >= 15 is 0 Å². The molecule has 1 aliphatic carbocycles. The number of hydrogen-bond donors (Lipinski definition) is 1. The van der Waals surface area contributed by atoms with Crippen LogP contribution in [0.1, 0.15) is 43.0 Å². The molecule has 0 saturated heterocycles. The highest BCUT2D eigenvalue weighted by molar-refractivity contribution is 7.92. The molecule has 1 N–H and O–H groups in total. The van der Waals surface area contributed by atoms with Gasteiger partial charge >= 0.3 is 5.97 Å². The number of carbonyl (C=O) groups excluding carboxylic acids is 2. The number of nitrogens with one attached hydrogen (secondary N) is 1. The molecular formula is C23H28N2O5S. The van der Waals surface area contributed by atoms with Crippen molar-refractivity contribution < 1.29 is 22.7 Å². The van der Waals surface area contributed by atoms with Crippen LogP contribution in [-0.4, -0.2) is 44.9 Å². The molecule has 2 aromatic rings. The number of esters is 1. The molecule has 1 fully saturated rings. The van der Waals surface area contributed by atoms with E-state index in [0.717, 1.165) is 25.7 Å². The summed E-state index contributed by atoms with van der Waals surface area (Å²) in [6, 6.07) is 14.1. The maximum Gasteiger partial charge on any atom is 0.338 e. The Balaban J connectivity index is 1.54. The number of nitrogens with zero attached hydrogens (tertiary/aromatic N) is 1. The fourth-order valence-corrected chi connectivity index (χ4v) is 4.69. The molecule has 3 rings (SSSR count). The maximum atomic E-state index is 12.5. The summed E-state index contributed by atoms with van der Waals surface area (Å²) in [4.78, 5) is 26.4. The topological polar surface area (TPSA) is 92.8 Å². The molecule has 1 saturated carbocycles. The van der Waals surface area contributed by atoms with Gasteiger partial charge in [-0.3, -0.25) is 9.52 Å². The predicted octanol–water partition coefficient (Wildman–Crippen LogP) is 3.68. The molecule has 0 aliphatic heterocycles. The molecule has 0 aromatic heterocycles. The fraction of sp³-hybridized carbons (Fsp3) is 0.391. The van der Waals surface area contributed by atoms with Crippen LogP contribution in [0.15, 0.2) is 59.5 Å². The number of ether oxygens (including phenoxy) is 1. The molecule has 2 aromatic carbocycles. The highest BCUT2D eigenvalue weighted by atomic mass is 32.2. The number of amides is 1. The first-order valence-corrected chi connectivity index (χ1v) is 11.9. The lowest BCUT2D eigenvalue weighted by molar-refractivity contribution is -0.136. The van der Waals surface area contributed by atoms with E-state index in [1.165, 1.54) is 24.3 Å². The molecule has 0 unspecified atom stereocenters. The summed E-state index contributed by atoms with van der Waals surface area (Å²) in [6.07, 6.45) is 4.11. The van der Waals surface area contributed by atoms with Gasteiger partial charge in [0.1, 0.15) is 0 Å². The second-order valence-electron chi connectivity index (χ2n) is 7.99. The summed E-state index contributed by atoms with van der Waals surface area (Å²) in [5, 5.41) is 0. The van der Waals surface area contributed by atoms with Gasteiger partial charge in [0.05, 0.1) is 10.5 Å². The molecule has 0 atom stereocenters. The Morgan fingerprint density at radius 1 is 1.00 bits per heavy atom. The molecule has 0 heterocycles. The summed E-state index contributed by atoms with van der Waals surface area (Å²) >= 11 is 0. The second-order valence-corrected chi connectivity index (χ2v) is 9.67. The van der Waals surface area contributed by atoms with Gasteiger partial charge in [-0.2, -0.15) is 0 Å². The minimum absolute atomic E-state index is 0.0234. The van der Waals surface area contributed by atoms with Gasteiger partial charge in [-0.25, -0.2) is 13.2 Å². The first-order valence-electron chi connectivity index (χ1n) is 10.4. The second kappa shape index (κ2) is 9.96. The minimum Gasteiger partial charge on any atom is -0.452 e. The van der Waals surface area contributed by atoms with E-state index in [2.05, 4.69) is 11.6 Å². The number of anilines is 1. The van der Waals surface area contributed by atoms with Crippen LogP contribution in [0, 0.1) is 5.92 Å². The van der Waals surface area contributed by atoms with Crippen LogP contribution in [0.25, 0.3) is 0 Å².